The van der Waals surface area contributed by atoms with Crippen LogP contribution in [0.5, 0.6) is 5.75 Å². The number of nitrogens with one attached hydrogen (secondary N) is 2. The van der Waals surface area contributed by atoms with Gasteiger partial charge in [-0.25, -0.2) is 0 Å². The summed E-state index contributed by atoms with van der Waals surface area (Å²) in [6.45, 7) is 3.44. The smallest absolute Gasteiger partial charge is 0.262 e. The van der Waals surface area contributed by atoms with Crippen molar-refractivity contribution in [3.8, 4) is 11.4 Å². The standard InChI is InChI=1S/C25H26N6O2S/c1-19-10-12-21(13-11-19)27-24(32)18-33-23-9-5-6-20(16-23)17-26-14-15-34-25-28-29-30-31(25)22-7-3-2-4-8-22/h2-13,16,26H,14-15,17-18H2,1H3,(H,27,32). The number of aromatic nitrogens is 4. The van der Waals surface area contributed by atoms with Crippen molar-refractivity contribution in [1.29, 1.82) is 0 Å². The van der Waals surface area contributed by atoms with Crippen LogP contribution < -0.4 is 15.4 Å². The fourth-order valence-corrected chi connectivity index (χ4v) is 3.96. The monoisotopic (exact) mass is 474 g/mol. The van der Waals surface area contributed by atoms with E-state index in [-0.39, 0.29) is 12.5 Å². The molecular formula is C25H26N6O2S. The normalized spacial score (nSPS) is 10.7. The van der Waals surface area contributed by atoms with E-state index in [9.17, 15) is 4.79 Å². The predicted molar refractivity (Wildman–Crippen MR) is 133 cm³/mol. The Morgan fingerprint density at radius 1 is 1.03 bits per heavy atom. The molecule has 4 aromatic rings. The zero-order valence-electron chi connectivity index (χ0n) is 18.8. The molecule has 0 radical (unpaired) electrons. The third-order valence-electron chi connectivity index (χ3n) is 4.88. The van der Waals surface area contributed by atoms with Gasteiger partial charge in [0.25, 0.3) is 5.91 Å². The molecule has 9 heteroatoms. The van der Waals surface area contributed by atoms with Gasteiger partial charge in [0.1, 0.15) is 5.75 Å². The minimum Gasteiger partial charge on any atom is -0.484 e. The van der Waals surface area contributed by atoms with Crippen molar-refractivity contribution in [1.82, 2.24) is 25.5 Å². The van der Waals surface area contributed by atoms with Crippen molar-refractivity contribution in [2.45, 2.75) is 18.6 Å². The number of rotatable bonds is 11. The van der Waals surface area contributed by atoms with E-state index < -0.39 is 0 Å². The third kappa shape index (κ3) is 6.90. The van der Waals surface area contributed by atoms with Crippen molar-refractivity contribution in [2.75, 3.05) is 24.2 Å². The maximum atomic E-state index is 12.1. The molecule has 1 aromatic heterocycles. The Kier molecular flexibility index (Phi) is 8.26. The Morgan fingerprint density at radius 3 is 2.68 bits per heavy atom. The SMILES string of the molecule is Cc1ccc(NC(=O)COc2cccc(CNCCSc3nnnn3-c3ccccc3)c2)cc1. The molecule has 3 aromatic carbocycles. The molecule has 0 aliphatic rings. The molecular weight excluding hydrogens is 448 g/mol. The van der Waals surface area contributed by atoms with Crippen LogP contribution in [0.4, 0.5) is 5.69 Å². The van der Waals surface area contributed by atoms with Gasteiger partial charge in [0.15, 0.2) is 6.61 Å². The Labute approximate surface area is 202 Å². The topological polar surface area (TPSA) is 94.0 Å². The van der Waals surface area contributed by atoms with Crippen LogP contribution in [-0.4, -0.2) is 45.0 Å². The lowest BCUT2D eigenvalue weighted by atomic mass is 10.2. The van der Waals surface area contributed by atoms with Gasteiger partial charge in [0, 0.05) is 24.5 Å². The highest BCUT2D eigenvalue weighted by Gasteiger charge is 2.08. The zero-order chi connectivity index (χ0) is 23.6. The van der Waals surface area contributed by atoms with E-state index >= 15 is 0 Å². The van der Waals surface area contributed by atoms with Crippen molar-refractivity contribution in [3.05, 3.63) is 90.0 Å². The molecule has 0 saturated heterocycles. The maximum absolute atomic E-state index is 12.1. The van der Waals surface area contributed by atoms with E-state index in [2.05, 4.69) is 26.2 Å². The van der Waals surface area contributed by atoms with Gasteiger partial charge in [-0.05, 0) is 59.3 Å². The number of benzene rings is 3. The molecule has 0 atom stereocenters. The summed E-state index contributed by atoms with van der Waals surface area (Å²) in [6.07, 6.45) is 0. The summed E-state index contributed by atoms with van der Waals surface area (Å²) in [6, 6.07) is 25.2. The summed E-state index contributed by atoms with van der Waals surface area (Å²) in [7, 11) is 0. The first kappa shape index (κ1) is 23.5. The lowest BCUT2D eigenvalue weighted by Crippen LogP contribution is -2.20. The number of amides is 1. The number of ether oxygens (including phenoxy) is 1. The quantitative estimate of drug-likeness (QED) is 0.252. The lowest BCUT2D eigenvalue weighted by molar-refractivity contribution is -0.118. The fourth-order valence-electron chi connectivity index (χ4n) is 3.18. The van der Waals surface area contributed by atoms with Crippen molar-refractivity contribution in [2.24, 2.45) is 0 Å². The average Bonchev–Trinajstić information content (AvgIpc) is 3.33. The molecule has 1 amide bonds. The second-order valence-corrected chi connectivity index (χ2v) is 8.65. The molecule has 0 bridgehead atoms. The number of hydrogen-bond acceptors (Lipinski definition) is 7. The number of aryl methyl sites for hydroxylation is 1. The summed E-state index contributed by atoms with van der Waals surface area (Å²) in [5, 5.41) is 19.0. The van der Waals surface area contributed by atoms with Crippen LogP contribution in [0.3, 0.4) is 0 Å². The van der Waals surface area contributed by atoms with Crippen molar-refractivity contribution < 1.29 is 9.53 Å². The lowest BCUT2D eigenvalue weighted by Gasteiger charge is -2.10. The molecule has 34 heavy (non-hydrogen) atoms. The summed E-state index contributed by atoms with van der Waals surface area (Å²) >= 11 is 1.59. The van der Waals surface area contributed by atoms with Gasteiger partial charge < -0.3 is 15.4 Å². The van der Waals surface area contributed by atoms with Gasteiger partial charge in [-0.1, -0.05) is 59.8 Å². The number of thioether (sulfide) groups is 1. The first-order valence-corrected chi connectivity index (χ1v) is 11.9. The molecule has 2 N–H and O–H groups in total. The Hall–Kier alpha value is -3.69. The van der Waals surface area contributed by atoms with Crippen LogP contribution in [0, 0.1) is 6.92 Å². The zero-order valence-corrected chi connectivity index (χ0v) is 19.7. The number of carbonyl (C=O) groups is 1. The number of para-hydroxylation sites is 1. The van der Waals surface area contributed by atoms with Gasteiger partial charge >= 0.3 is 0 Å². The summed E-state index contributed by atoms with van der Waals surface area (Å²) in [4.78, 5) is 12.1. The minimum absolute atomic E-state index is 0.0441. The Bertz CT molecular complexity index is 1200. The van der Waals surface area contributed by atoms with Crippen LogP contribution in [0.25, 0.3) is 5.69 Å². The molecule has 0 aliphatic carbocycles. The highest BCUT2D eigenvalue weighted by Crippen LogP contribution is 2.18. The third-order valence-corrected chi connectivity index (χ3v) is 5.81. The summed E-state index contributed by atoms with van der Waals surface area (Å²) in [5.74, 6) is 1.29. The van der Waals surface area contributed by atoms with Crippen LogP contribution >= 0.6 is 11.8 Å². The van der Waals surface area contributed by atoms with E-state index in [0.29, 0.717) is 12.3 Å². The molecule has 0 fully saturated rings. The van der Waals surface area contributed by atoms with E-state index in [0.717, 1.165) is 40.0 Å². The van der Waals surface area contributed by atoms with E-state index in [1.165, 1.54) is 0 Å². The molecule has 174 valence electrons. The van der Waals surface area contributed by atoms with Crippen LogP contribution in [-0.2, 0) is 11.3 Å². The average molecular weight is 475 g/mol. The molecule has 8 nitrogen and oxygen atoms in total. The fraction of sp³-hybridized carbons (Fsp3) is 0.200. The molecule has 0 aliphatic heterocycles. The van der Waals surface area contributed by atoms with E-state index in [4.69, 9.17) is 4.74 Å². The molecule has 0 saturated carbocycles. The second-order valence-electron chi connectivity index (χ2n) is 7.58. The highest BCUT2D eigenvalue weighted by atomic mass is 32.2. The second kappa shape index (κ2) is 12.0. The van der Waals surface area contributed by atoms with E-state index in [1.54, 1.807) is 16.4 Å². The van der Waals surface area contributed by atoms with Crippen LogP contribution in [0.2, 0.25) is 0 Å². The number of tetrazole rings is 1. The first-order chi connectivity index (χ1) is 16.7. The Balaban J connectivity index is 1.18. The van der Waals surface area contributed by atoms with Crippen molar-refractivity contribution >= 4 is 23.4 Å². The van der Waals surface area contributed by atoms with Crippen LogP contribution in [0.1, 0.15) is 11.1 Å². The maximum Gasteiger partial charge on any atom is 0.262 e. The van der Waals surface area contributed by atoms with Gasteiger partial charge in [0.2, 0.25) is 5.16 Å². The highest BCUT2D eigenvalue weighted by molar-refractivity contribution is 7.99. The number of hydrogen-bond donors (Lipinski definition) is 2. The van der Waals surface area contributed by atoms with E-state index in [1.807, 2.05) is 85.8 Å². The number of nitrogens with zero attached hydrogens (tertiary/aromatic N) is 4. The summed E-state index contributed by atoms with van der Waals surface area (Å²) in [5.41, 5.74) is 3.92. The van der Waals surface area contributed by atoms with Crippen LogP contribution in [0.15, 0.2) is 84.0 Å². The number of anilines is 1. The number of carbonyl (C=O) groups excluding carboxylic acids is 1. The molecule has 0 unspecified atom stereocenters. The van der Waals surface area contributed by atoms with Gasteiger partial charge in [-0.3, -0.25) is 4.79 Å². The minimum atomic E-state index is -0.192. The van der Waals surface area contributed by atoms with Gasteiger partial charge in [-0.2, -0.15) is 4.68 Å². The largest absolute Gasteiger partial charge is 0.484 e. The summed E-state index contributed by atoms with van der Waals surface area (Å²) < 4.78 is 7.40. The molecule has 0 spiro atoms. The van der Waals surface area contributed by atoms with Crippen molar-refractivity contribution in [3.63, 3.8) is 0 Å². The predicted octanol–water partition coefficient (Wildman–Crippen LogP) is 3.87. The molecule has 4 rings (SSSR count). The van der Waals surface area contributed by atoms with Gasteiger partial charge in [-0.15, -0.1) is 5.10 Å². The molecule has 1 heterocycles. The first-order valence-electron chi connectivity index (χ1n) is 10.9. The van der Waals surface area contributed by atoms with Gasteiger partial charge in [0.05, 0.1) is 5.69 Å². The Morgan fingerprint density at radius 2 is 1.85 bits per heavy atom.